The summed E-state index contributed by atoms with van der Waals surface area (Å²) in [4.78, 5) is 10.9. The second-order valence-electron chi connectivity index (χ2n) is 5.91. The predicted octanol–water partition coefficient (Wildman–Crippen LogP) is 2.45. The second-order valence-corrected chi connectivity index (χ2v) is 5.91. The SMILES string of the molecule is CN1CCC(OCCCn2ccnc2-c2ccncc2)CC1. The number of likely N-dealkylation sites (tertiary alicyclic amines) is 1. The van der Waals surface area contributed by atoms with Crippen molar-refractivity contribution in [3.05, 3.63) is 36.9 Å². The summed E-state index contributed by atoms with van der Waals surface area (Å²) in [5.74, 6) is 1.00. The molecule has 0 unspecified atom stereocenters. The lowest BCUT2D eigenvalue weighted by atomic mass is 10.1. The van der Waals surface area contributed by atoms with Crippen LogP contribution in [0.3, 0.4) is 0 Å². The maximum atomic E-state index is 6.00. The van der Waals surface area contributed by atoms with Gasteiger partial charge >= 0.3 is 0 Å². The summed E-state index contributed by atoms with van der Waals surface area (Å²) in [5.41, 5.74) is 1.11. The van der Waals surface area contributed by atoms with Gasteiger partial charge < -0.3 is 14.2 Å². The van der Waals surface area contributed by atoms with E-state index in [9.17, 15) is 0 Å². The van der Waals surface area contributed by atoms with Crippen molar-refractivity contribution in [1.29, 1.82) is 0 Å². The molecule has 0 saturated carbocycles. The van der Waals surface area contributed by atoms with Crippen LogP contribution in [0.1, 0.15) is 19.3 Å². The summed E-state index contributed by atoms with van der Waals surface area (Å²) in [6, 6.07) is 3.99. The number of aryl methyl sites for hydroxylation is 1. The molecule has 0 bridgehead atoms. The predicted molar refractivity (Wildman–Crippen MR) is 86.5 cm³/mol. The largest absolute Gasteiger partial charge is 0.378 e. The molecule has 22 heavy (non-hydrogen) atoms. The van der Waals surface area contributed by atoms with Gasteiger partial charge in [-0.25, -0.2) is 4.98 Å². The van der Waals surface area contributed by atoms with Gasteiger partial charge in [0.2, 0.25) is 0 Å². The van der Waals surface area contributed by atoms with Crippen LogP contribution in [-0.4, -0.2) is 52.3 Å². The van der Waals surface area contributed by atoms with Gasteiger partial charge in [-0.2, -0.15) is 0 Å². The number of nitrogens with zero attached hydrogens (tertiary/aromatic N) is 4. The van der Waals surface area contributed by atoms with Gasteiger partial charge in [-0.1, -0.05) is 0 Å². The quantitative estimate of drug-likeness (QED) is 0.769. The normalized spacial score (nSPS) is 17.0. The highest BCUT2D eigenvalue weighted by Crippen LogP contribution is 2.17. The molecule has 3 rings (SSSR count). The van der Waals surface area contributed by atoms with Crippen LogP contribution in [-0.2, 0) is 11.3 Å². The van der Waals surface area contributed by atoms with Crippen LogP contribution in [0.4, 0.5) is 0 Å². The molecular formula is C17H24N4O. The van der Waals surface area contributed by atoms with Crippen LogP contribution >= 0.6 is 0 Å². The number of imidazole rings is 1. The van der Waals surface area contributed by atoms with E-state index in [1.165, 1.54) is 0 Å². The molecule has 0 aromatic carbocycles. The lowest BCUT2D eigenvalue weighted by Gasteiger charge is -2.28. The van der Waals surface area contributed by atoms with Crippen molar-refractivity contribution in [2.24, 2.45) is 0 Å². The Balaban J connectivity index is 1.46. The number of hydrogen-bond donors (Lipinski definition) is 0. The molecule has 0 radical (unpaired) electrons. The minimum absolute atomic E-state index is 0.443. The molecule has 0 spiro atoms. The number of aromatic nitrogens is 3. The standard InChI is InChI=1S/C17H24N4O/c1-20-11-5-16(6-12-20)22-14-2-10-21-13-9-19-17(21)15-3-7-18-8-4-15/h3-4,7-9,13,16H,2,5-6,10-12,14H2,1H3. The maximum Gasteiger partial charge on any atom is 0.139 e. The Morgan fingerprint density at radius 1 is 1.18 bits per heavy atom. The molecule has 118 valence electrons. The second kappa shape index (κ2) is 7.51. The summed E-state index contributed by atoms with van der Waals surface area (Å²) in [7, 11) is 2.18. The summed E-state index contributed by atoms with van der Waals surface area (Å²) < 4.78 is 8.19. The molecule has 2 aromatic heterocycles. The molecule has 1 aliphatic rings. The van der Waals surface area contributed by atoms with Gasteiger partial charge in [0.1, 0.15) is 5.82 Å². The van der Waals surface area contributed by atoms with Crippen molar-refractivity contribution >= 4 is 0 Å². The van der Waals surface area contributed by atoms with E-state index in [0.29, 0.717) is 6.10 Å². The lowest BCUT2D eigenvalue weighted by Crippen LogP contribution is -2.34. The Bertz CT molecular complexity index is 561. The molecule has 3 heterocycles. The summed E-state index contributed by atoms with van der Waals surface area (Å²) in [5, 5.41) is 0. The first-order valence-electron chi connectivity index (χ1n) is 8.04. The molecule has 1 aliphatic heterocycles. The zero-order chi connectivity index (χ0) is 15.2. The van der Waals surface area contributed by atoms with Crippen LogP contribution in [0.5, 0.6) is 0 Å². The zero-order valence-electron chi connectivity index (χ0n) is 13.2. The van der Waals surface area contributed by atoms with Crippen LogP contribution < -0.4 is 0 Å². The highest BCUT2D eigenvalue weighted by atomic mass is 16.5. The molecule has 0 aliphatic carbocycles. The molecule has 0 amide bonds. The highest BCUT2D eigenvalue weighted by molar-refractivity contribution is 5.54. The third-order valence-electron chi connectivity index (χ3n) is 4.22. The molecule has 1 saturated heterocycles. The monoisotopic (exact) mass is 300 g/mol. The average molecular weight is 300 g/mol. The fraction of sp³-hybridized carbons (Fsp3) is 0.529. The summed E-state index contributed by atoms with van der Waals surface area (Å²) in [6.45, 7) is 4.06. The maximum absolute atomic E-state index is 6.00. The van der Waals surface area contributed by atoms with Crippen LogP contribution in [0.2, 0.25) is 0 Å². The Labute approximate surface area is 131 Å². The van der Waals surface area contributed by atoms with Crippen molar-refractivity contribution < 1.29 is 4.74 Å². The summed E-state index contributed by atoms with van der Waals surface area (Å²) >= 11 is 0. The Morgan fingerprint density at radius 3 is 2.73 bits per heavy atom. The lowest BCUT2D eigenvalue weighted by molar-refractivity contribution is 0.0103. The van der Waals surface area contributed by atoms with Gasteiger partial charge in [-0.15, -0.1) is 0 Å². The fourth-order valence-electron chi connectivity index (χ4n) is 2.89. The molecular weight excluding hydrogens is 276 g/mol. The van der Waals surface area contributed by atoms with Gasteiger partial charge in [0.05, 0.1) is 6.10 Å². The number of ether oxygens (including phenoxy) is 1. The third-order valence-corrected chi connectivity index (χ3v) is 4.22. The van der Waals surface area contributed by atoms with Crippen molar-refractivity contribution in [1.82, 2.24) is 19.4 Å². The number of rotatable bonds is 6. The van der Waals surface area contributed by atoms with E-state index >= 15 is 0 Å². The smallest absolute Gasteiger partial charge is 0.139 e. The Kier molecular flexibility index (Phi) is 5.19. The van der Waals surface area contributed by atoms with Gasteiger partial charge in [-0.3, -0.25) is 4.98 Å². The van der Waals surface area contributed by atoms with Gasteiger partial charge in [0.25, 0.3) is 0 Å². The highest BCUT2D eigenvalue weighted by Gasteiger charge is 2.16. The van der Waals surface area contributed by atoms with Gasteiger partial charge in [0.15, 0.2) is 0 Å². The van der Waals surface area contributed by atoms with Crippen LogP contribution in [0.25, 0.3) is 11.4 Å². The van der Waals surface area contributed by atoms with E-state index in [2.05, 4.69) is 26.5 Å². The van der Waals surface area contributed by atoms with Crippen LogP contribution in [0.15, 0.2) is 36.9 Å². The summed E-state index contributed by atoms with van der Waals surface area (Å²) in [6.07, 6.45) is 11.3. The molecule has 5 heteroatoms. The molecule has 2 aromatic rings. The Hall–Kier alpha value is -1.72. The zero-order valence-corrected chi connectivity index (χ0v) is 13.2. The number of pyridine rings is 1. The Morgan fingerprint density at radius 2 is 1.95 bits per heavy atom. The topological polar surface area (TPSA) is 43.2 Å². The van der Waals surface area contributed by atoms with Gasteiger partial charge in [0, 0.05) is 56.6 Å². The fourth-order valence-corrected chi connectivity index (χ4v) is 2.89. The van der Waals surface area contributed by atoms with Crippen LogP contribution in [0, 0.1) is 0 Å². The first-order chi connectivity index (χ1) is 10.8. The van der Waals surface area contributed by atoms with E-state index in [0.717, 1.165) is 56.9 Å². The molecule has 0 atom stereocenters. The molecule has 1 fully saturated rings. The minimum atomic E-state index is 0.443. The first kappa shape index (κ1) is 15.2. The minimum Gasteiger partial charge on any atom is -0.378 e. The van der Waals surface area contributed by atoms with E-state index in [-0.39, 0.29) is 0 Å². The van der Waals surface area contributed by atoms with Crippen molar-refractivity contribution in [2.45, 2.75) is 31.9 Å². The van der Waals surface area contributed by atoms with E-state index in [1.807, 2.05) is 24.5 Å². The first-order valence-corrected chi connectivity index (χ1v) is 8.04. The van der Waals surface area contributed by atoms with E-state index in [4.69, 9.17) is 4.74 Å². The average Bonchev–Trinajstić information content (AvgIpc) is 3.02. The van der Waals surface area contributed by atoms with E-state index < -0.39 is 0 Å². The molecule has 0 N–H and O–H groups in total. The van der Waals surface area contributed by atoms with Crippen molar-refractivity contribution in [2.75, 3.05) is 26.7 Å². The van der Waals surface area contributed by atoms with Gasteiger partial charge in [-0.05, 0) is 38.4 Å². The molecule has 5 nitrogen and oxygen atoms in total. The number of hydrogen-bond acceptors (Lipinski definition) is 4. The van der Waals surface area contributed by atoms with Crippen molar-refractivity contribution in [3.8, 4) is 11.4 Å². The van der Waals surface area contributed by atoms with Crippen molar-refractivity contribution in [3.63, 3.8) is 0 Å². The number of piperidine rings is 1. The van der Waals surface area contributed by atoms with E-state index in [1.54, 1.807) is 12.4 Å². The third kappa shape index (κ3) is 3.93.